The number of ether oxygens (including phenoxy) is 1. The number of aliphatic hydroxyl groups excluding tert-OH is 1. The molecule has 154 valence electrons. The van der Waals surface area contributed by atoms with Gasteiger partial charge in [0.2, 0.25) is 0 Å². The van der Waals surface area contributed by atoms with Crippen LogP contribution in [0.4, 0.5) is 0 Å². The average molecular weight is 359 g/mol. The SMILES string of the molecule is CC.CCCCCCCCCCCCCCCCCOCC(O)CC. The highest BCUT2D eigenvalue weighted by Crippen LogP contribution is 2.13. The van der Waals surface area contributed by atoms with E-state index in [1.165, 1.54) is 89.9 Å². The summed E-state index contributed by atoms with van der Waals surface area (Å²) in [5.41, 5.74) is 0. The third-order valence-electron chi connectivity index (χ3n) is 4.67. The molecule has 1 unspecified atom stereocenters. The lowest BCUT2D eigenvalue weighted by Gasteiger charge is -2.08. The Balaban J connectivity index is 0. The van der Waals surface area contributed by atoms with Gasteiger partial charge in [-0.3, -0.25) is 0 Å². The van der Waals surface area contributed by atoms with Gasteiger partial charge in [0.25, 0.3) is 0 Å². The van der Waals surface area contributed by atoms with Gasteiger partial charge < -0.3 is 9.84 Å². The van der Waals surface area contributed by atoms with Gasteiger partial charge >= 0.3 is 0 Å². The Bertz CT molecular complexity index is 206. The zero-order valence-corrected chi connectivity index (χ0v) is 18.2. The van der Waals surface area contributed by atoms with Crippen LogP contribution in [0.15, 0.2) is 0 Å². The maximum absolute atomic E-state index is 9.36. The fraction of sp³-hybridized carbons (Fsp3) is 1.00. The fourth-order valence-electron chi connectivity index (χ4n) is 2.91. The molecular weight excluding hydrogens is 308 g/mol. The van der Waals surface area contributed by atoms with Crippen molar-refractivity contribution in [3.63, 3.8) is 0 Å². The van der Waals surface area contributed by atoms with Gasteiger partial charge in [-0.1, -0.05) is 118 Å². The molecule has 0 spiro atoms. The zero-order chi connectivity index (χ0) is 19.0. The van der Waals surface area contributed by atoms with Crippen LogP contribution in [0, 0.1) is 0 Å². The van der Waals surface area contributed by atoms with Crippen LogP contribution in [0.2, 0.25) is 0 Å². The van der Waals surface area contributed by atoms with Crippen molar-refractivity contribution >= 4 is 0 Å². The Labute approximate surface area is 160 Å². The second kappa shape index (κ2) is 26.2. The molecule has 0 saturated carbocycles. The molecule has 0 amide bonds. The molecule has 25 heavy (non-hydrogen) atoms. The predicted octanol–water partition coefficient (Wildman–Crippen LogP) is 7.67. The van der Waals surface area contributed by atoms with Crippen LogP contribution in [0.1, 0.15) is 130 Å². The summed E-state index contributed by atoms with van der Waals surface area (Å²) in [5.74, 6) is 0. The highest BCUT2D eigenvalue weighted by atomic mass is 16.5. The van der Waals surface area contributed by atoms with Crippen LogP contribution in [0.5, 0.6) is 0 Å². The van der Waals surface area contributed by atoms with Crippen molar-refractivity contribution in [3.8, 4) is 0 Å². The Morgan fingerprint density at radius 3 is 1.32 bits per heavy atom. The highest BCUT2D eigenvalue weighted by Gasteiger charge is 1.99. The molecule has 1 N–H and O–H groups in total. The lowest BCUT2D eigenvalue weighted by Crippen LogP contribution is -2.14. The zero-order valence-electron chi connectivity index (χ0n) is 18.2. The van der Waals surface area contributed by atoms with Crippen LogP contribution in [-0.2, 0) is 4.74 Å². The number of aliphatic hydroxyl groups is 1. The van der Waals surface area contributed by atoms with Gasteiger partial charge in [-0.25, -0.2) is 0 Å². The first-order valence-electron chi connectivity index (χ1n) is 11.6. The van der Waals surface area contributed by atoms with Gasteiger partial charge in [0, 0.05) is 6.61 Å². The summed E-state index contributed by atoms with van der Waals surface area (Å²) >= 11 is 0. The van der Waals surface area contributed by atoms with Gasteiger partial charge in [0.15, 0.2) is 0 Å². The minimum Gasteiger partial charge on any atom is -0.391 e. The van der Waals surface area contributed by atoms with E-state index in [1.807, 2.05) is 20.8 Å². The predicted molar refractivity (Wildman–Crippen MR) is 113 cm³/mol. The highest BCUT2D eigenvalue weighted by molar-refractivity contribution is 4.51. The minimum atomic E-state index is -0.272. The van der Waals surface area contributed by atoms with Gasteiger partial charge in [-0.05, 0) is 12.8 Å². The molecule has 0 rings (SSSR count). The fourth-order valence-corrected chi connectivity index (χ4v) is 2.91. The first-order valence-corrected chi connectivity index (χ1v) is 11.6. The molecule has 1 atom stereocenters. The number of hydrogen-bond donors (Lipinski definition) is 1. The van der Waals surface area contributed by atoms with E-state index in [4.69, 9.17) is 4.74 Å². The topological polar surface area (TPSA) is 29.5 Å². The summed E-state index contributed by atoms with van der Waals surface area (Å²) in [6, 6.07) is 0. The molecule has 0 aliphatic carbocycles. The Morgan fingerprint density at radius 2 is 0.960 bits per heavy atom. The van der Waals surface area contributed by atoms with Crippen LogP contribution < -0.4 is 0 Å². The van der Waals surface area contributed by atoms with Crippen LogP contribution in [0.3, 0.4) is 0 Å². The van der Waals surface area contributed by atoms with Crippen LogP contribution in [-0.4, -0.2) is 24.4 Å². The van der Waals surface area contributed by atoms with Gasteiger partial charge in [-0.15, -0.1) is 0 Å². The monoisotopic (exact) mass is 358 g/mol. The molecule has 2 heteroatoms. The van der Waals surface area contributed by atoms with E-state index >= 15 is 0 Å². The van der Waals surface area contributed by atoms with E-state index in [9.17, 15) is 5.11 Å². The number of hydrogen-bond acceptors (Lipinski definition) is 2. The standard InChI is InChI=1S/C21H44O2.C2H6/c1-3-5-6-7-8-9-10-11-12-13-14-15-16-17-18-19-23-20-21(22)4-2;1-2/h21-22H,3-20H2,1-2H3;1-2H3. The first-order chi connectivity index (χ1) is 12.3. The summed E-state index contributed by atoms with van der Waals surface area (Å²) in [7, 11) is 0. The Morgan fingerprint density at radius 1 is 0.600 bits per heavy atom. The van der Waals surface area contributed by atoms with Crippen molar-refractivity contribution < 1.29 is 9.84 Å². The molecule has 0 fully saturated rings. The maximum Gasteiger partial charge on any atom is 0.0771 e. The van der Waals surface area contributed by atoms with Gasteiger partial charge in [0.1, 0.15) is 0 Å². The second-order valence-electron chi connectivity index (χ2n) is 7.09. The first kappa shape index (κ1) is 27.1. The third kappa shape index (κ3) is 26.3. The molecule has 0 aromatic carbocycles. The summed E-state index contributed by atoms with van der Waals surface area (Å²) in [6.07, 6.45) is 21.4. The van der Waals surface area contributed by atoms with E-state index < -0.39 is 0 Å². The smallest absolute Gasteiger partial charge is 0.0771 e. The minimum absolute atomic E-state index is 0.272. The lowest BCUT2D eigenvalue weighted by atomic mass is 10.0. The van der Waals surface area contributed by atoms with Crippen molar-refractivity contribution in [2.45, 2.75) is 137 Å². The summed E-state index contributed by atoms with van der Waals surface area (Å²) in [5, 5.41) is 9.36. The van der Waals surface area contributed by atoms with E-state index in [1.54, 1.807) is 0 Å². The van der Waals surface area contributed by atoms with E-state index in [0.29, 0.717) is 6.61 Å². The van der Waals surface area contributed by atoms with Gasteiger partial charge in [-0.2, -0.15) is 0 Å². The molecule has 0 radical (unpaired) electrons. The van der Waals surface area contributed by atoms with Crippen LogP contribution in [0.25, 0.3) is 0 Å². The molecule has 2 nitrogen and oxygen atoms in total. The average Bonchev–Trinajstić information content (AvgIpc) is 2.65. The van der Waals surface area contributed by atoms with E-state index in [2.05, 4.69) is 6.92 Å². The number of unbranched alkanes of at least 4 members (excludes halogenated alkanes) is 14. The molecule has 0 saturated heterocycles. The lowest BCUT2D eigenvalue weighted by molar-refractivity contribution is 0.0335. The molecular formula is C23H50O2. The van der Waals surface area contributed by atoms with E-state index in [0.717, 1.165) is 19.4 Å². The largest absolute Gasteiger partial charge is 0.391 e. The molecule has 0 aliphatic rings. The molecule has 0 aliphatic heterocycles. The third-order valence-corrected chi connectivity index (χ3v) is 4.67. The van der Waals surface area contributed by atoms with Crippen molar-refractivity contribution in [1.82, 2.24) is 0 Å². The number of rotatable bonds is 19. The molecule has 0 aromatic rings. The maximum atomic E-state index is 9.36. The van der Waals surface area contributed by atoms with Crippen LogP contribution >= 0.6 is 0 Å². The summed E-state index contributed by atoms with van der Waals surface area (Å²) in [4.78, 5) is 0. The van der Waals surface area contributed by atoms with Crippen molar-refractivity contribution in [3.05, 3.63) is 0 Å². The quantitative estimate of drug-likeness (QED) is 0.240. The normalized spacial score (nSPS) is 11.9. The van der Waals surface area contributed by atoms with Crippen molar-refractivity contribution in [1.29, 1.82) is 0 Å². The van der Waals surface area contributed by atoms with E-state index in [-0.39, 0.29) is 6.10 Å². The van der Waals surface area contributed by atoms with Crippen molar-refractivity contribution in [2.24, 2.45) is 0 Å². The van der Waals surface area contributed by atoms with Gasteiger partial charge in [0.05, 0.1) is 12.7 Å². The molecule has 0 aromatic heterocycles. The molecule has 0 bridgehead atoms. The Kier molecular flexibility index (Phi) is 28.4. The second-order valence-corrected chi connectivity index (χ2v) is 7.09. The molecule has 0 heterocycles. The Hall–Kier alpha value is -0.0800. The summed E-state index contributed by atoms with van der Waals surface area (Å²) < 4.78 is 5.45. The summed E-state index contributed by atoms with van der Waals surface area (Å²) in [6.45, 7) is 9.60. The van der Waals surface area contributed by atoms with Crippen molar-refractivity contribution in [2.75, 3.05) is 13.2 Å².